The van der Waals surface area contributed by atoms with E-state index in [9.17, 15) is 0 Å². The van der Waals surface area contributed by atoms with E-state index in [2.05, 4.69) is 36.2 Å². The molecule has 1 aromatic rings. The van der Waals surface area contributed by atoms with E-state index in [0.29, 0.717) is 13.2 Å². The predicted octanol–water partition coefficient (Wildman–Crippen LogP) is 3.11. The fraction of sp³-hybridized carbons (Fsp3) is 0.625. The smallest absolute Gasteiger partial charge is 0.0663 e. The number of anilines is 1. The quantitative estimate of drug-likeness (QED) is 0.759. The predicted molar refractivity (Wildman–Crippen MR) is 89.5 cm³/mol. The summed E-state index contributed by atoms with van der Waals surface area (Å²) in [6.07, 6.45) is 0. The first-order chi connectivity index (χ1) is 10.0. The van der Waals surface area contributed by atoms with Crippen molar-refractivity contribution in [3.8, 4) is 0 Å². The van der Waals surface area contributed by atoms with Crippen LogP contribution in [0.2, 0.25) is 5.02 Å². The molecule has 0 fully saturated rings. The fourth-order valence-electron chi connectivity index (χ4n) is 2.29. The third-order valence-electron chi connectivity index (χ3n) is 3.69. The van der Waals surface area contributed by atoms with Crippen LogP contribution >= 0.6 is 11.6 Å². The van der Waals surface area contributed by atoms with Crippen molar-refractivity contribution < 1.29 is 9.47 Å². The van der Waals surface area contributed by atoms with Crippen LogP contribution in [0, 0.1) is 0 Å². The van der Waals surface area contributed by atoms with Crippen LogP contribution in [0.4, 0.5) is 5.69 Å². The van der Waals surface area contributed by atoms with Gasteiger partial charge in [0.1, 0.15) is 0 Å². The number of hydrogen-bond acceptors (Lipinski definition) is 4. The molecule has 0 radical (unpaired) electrons. The summed E-state index contributed by atoms with van der Waals surface area (Å²) in [7, 11) is 5.36. The van der Waals surface area contributed by atoms with Crippen LogP contribution in [0.5, 0.6) is 0 Å². The minimum absolute atomic E-state index is 0.232. The van der Waals surface area contributed by atoms with Crippen LogP contribution in [0.25, 0.3) is 0 Å². The standard InChI is InChI=1S/C16H27ClN2O2/c1-12(11-21-5)19(8-9-20-4)16-7-6-14(10-15(16)17)13(2)18-3/h6-7,10,12-13,18H,8-9,11H2,1-5H3. The maximum absolute atomic E-state index is 6.50. The Bertz CT molecular complexity index is 429. The van der Waals surface area contributed by atoms with Gasteiger partial charge >= 0.3 is 0 Å². The third kappa shape index (κ3) is 5.15. The van der Waals surface area contributed by atoms with E-state index in [4.69, 9.17) is 21.1 Å². The van der Waals surface area contributed by atoms with Crippen molar-refractivity contribution in [2.45, 2.75) is 25.9 Å². The van der Waals surface area contributed by atoms with Crippen LogP contribution in [0.3, 0.4) is 0 Å². The molecule has 2 unspecified atom stereocenters. The molecule has 5 heteroatoms. The molecule has 1 N–H and O–H groups in total. The molecule has 0 aromatic heterocycles. The topological polar surface area (TPSA) is 33.7 Å². The van der Waals surface area contributed by atoms with Gasteiger partial charge in [-0.25, -0.2) is 0 Å². The highest BCUT2D eigenvalue weighted by atomic mass is 35.5. The first-order valence-electron chi connectivity index (χ1n) is 7.26. The van der Waals surface area contributed by atoms with Gasteiger partial charge in [-0.05, 0) is 38.6 Å². The highest BCUT2D eigenvalue weighted by Crippen LogP contribution is 2.30. The van der Waals surface area contributed by atoms with Gasteiger partial charge in [-0.2, -0.15) is 0 Å². The molecule has 0 aliphatic rings. The van der Waals surface area contributed by atoms with Gasteiger partial charge in [-0.1, -0.05) is 17.7 Å². The lowest BCUT2D eigenvalue weighted by Gasteiger charge is -2.32. The normalized spacial score (nSPS) is 14.0. The van der Waals surface area contributed by atoms with E-state index >= 15 is 0 Å². The maximum Gasteiger partial charge on any atom is 0.0663 e. The average Bonchev–Trinajstić information content (AvgIpc) is 2.48. The van der Waals surface area contributed by atoms with Crippen LogP contribution < -0.4 is 10.2 Å². The van der Waals surface area contributed by atoms with Crippen LogP contribution in [0.1, 0.15) is 25.5 Å². The molecule has 1 aromatic carbocycles. The van der Waals surface area contributed by atoms with Gasteiger partial charge in [0, 0.05) is 32.8 Å². The largest absolute Gasteiger partial charge is 0.383 e. The fourth-order valence-corrected chi connectivity index (χ4v) is 2.59. The lowest BCUT2D eigenvalue weighted by Crippen LogP contribution is -2.38. The number of hydrogen-bond donors (Lipinski definition) is 1. The zero-order valence-corrected chi connectivity index (χ0v) is 14.4. The Labute approximate surface area is 133 Å². The van der Waals surface area contributed by atoms with Gasteiger partial charge < -0.3 is 19.7 Å². The first-order valence-corrected chi connectivity index (χ1v) is 7.64. The molecule has 0 saturated heterocycles. The number of nitrogens with zero attached hydrogens (tertiary/aromatic N) is 1. The van der Waals surface area contributed by atoms with Crippen molar-refractivity contribution >= 4 is 17.3 Å². The molecule has 120 valence electrons. The minimum atomic E-state index is 0.232. The highest BCUT2D eigenvalue weighted by Gasteiger charge is 2.18. The summed E-state index contributed by atoms with van der Waals surface area (Å²) >= 11 is 6.50. The summed E-state index contributed by atoms with van der Waals surface area (Å²) in [5.74, 6) is 0. The zero-order valence-electron chi connectivity index (χ0n) is 13.6. The lowest BCUT2D eigenvalue weighted by atomic mass is 10.1. The number of halogens is 1. The first kappa shape index (κ1) is 18.2. The molecule has 0 bridgehead atoms. The van der Waals surface area contributed by atoms with Crippen LogP contribution in [-0.4, -0.2) is 47.1 Å². The Morgan fingerprint density at radius 1 is 1.24 bits per heavy atom. The van der Waals surface area contributed by atoms with Gasteiger partial charge in [0.15, 0.2) is 0 Å². The molecule has 0 spiro atoms. The molecular weight excluding hydrogens is 288 g/mol. The van der Waals surface area contributed by atoms with Gasteiger partial charge in [-0.15, -0.1) is 0 Å². The van der Waals surface area contributed by atoms with Crippen molar-refractivity contribution in [2.75, 3.05) is 45.9 Å². The Kier molecular flexibility index (Phi) is 8.04. The van der Waals surface area contributed by atoms with Crippen molar-refractivity contribution in [2.24, 2.45) is 0 Å². The molecule has 0 amide bonds. The Balaban J connectivity index is 3.01. The number of nitrogens with one attached hydrogen (secondary N) is 1. The molecule has 0 aliphatic heterocycles. The van der Waals surface area contributed by atoms with Crippen LogP contribution in [0.15, 0.2) is 18.2 Å². The highest BCUT2D eigenvalue weighted by molar-refractivity contribution is 6.33. The van der Waals surface area contributed by atoms with E-state index in [1.807, 2.05) is 13.1 Å². The van der Waals surface area contributed by atoms with Crippen molar-refractivity contribution in [1.29, 1.82) is 0 Å². The summed E-state index contributed by atoms with van der Waals surface area (Å²) in [5, 5.41) is 3.98. The molecular formula is C16H27ClN2O2. The second kappa shape index (κ2) is 9.26. The van der Waals surface area contributed by atoms with E-state index in [-0.39, 0.29) is 12.1 Å². The van der Waals surface area contributed by atoms with E-state index in [1.54, 1.807) is 14.2 Å². The Morgan fingerprint density at radius 3 is 2.48 bits per heavy atom. The van der Waals surface area contributed by atoms with E-state index < -0.39 is 0 Å². The van der Waals surface area contributed by atoms with Gasteiger partial charge in [-0.3, -0.25) is 0 Å². The molecule has 0 saturated carbocycles. The summed E-state index contributed by atoms with van der Waals surface area (Å²) in [4.78, 5) is 2.23. The van der Waals surface area contributed by atoms with Crippen molar-refractivity contribution in [3.05, 3.63) is 28.8 Å². The Morgan fingerprint density at radius 2 is 1.95 bits per heavy atom. The number of methoxy groups -OCH3 is 2. The molecule has 21 heavy (non-hydrogen) atoms. The van der Waals surface area contributed by atoms with Gasteiger partial charge in [0.25, 0.3) is 0 Å². The number of ether oxygens (including phenoxy) is 2. The minimum Gasteiger partial charge on any atom is -0.383 e. The molecule has 2 atom stereocenters. The summed E-state index contributed by atoms with van der Waals surface area (Å²) < 4.78 is 10.5. The van der Waals surface area contributed by atoms with Crippen molar-refractivity contribution in [3.63, 3.8) is 0 Å². The van der Waals surface area contributed by atoms with E-state index in [0.717, 1.165) is 17.3 Å². The van der Waals surface area contributed by atoms with Gasteiger partial charge in [0.05, 0.1) is 23.9 Å². The number of benzene rings is 1. The second-order valence-electron chi connectivity index (χ2n) is 5.21. The van der Waals surface area contributed by atoms with E-state index in [1.165, 1.54) is 5.56 Å². The Hall–Kier alpha value is -0.810. The van der Waals surface area contributed by atoms with Crippen LogP contribution in [-0.2, 0) is 9.47 Å². The average molecular weight is 315 g/mol. The molecule has 4 nitrogen and oxygen atoms in total. The zero-order chi connectivity index (χ0) is 15.8. The summed E-state index contributed by atoms with van der Waals surface area (Å²) in [6, 6.07) is 6.72. The molecule has 0 heterocycles. The van der Waals surface area contributed by atoms with Gasteiger partial charge in [0.2, 0.25) is 0 Å². The lowest BCUT2D eigenvalue weighted by molar-refractivity contribution is 0.171. The summed E-state index contributed by atoms with van der Waals surface area (Å²) in [6.45, 7) is 6.32. The monoisotopic (exact) mass is 314 g/mol. The maximum atomic E-state index is 6.50. The third-order valence-corrected chi connectivity index (χ3v) is 3.99. The van der Waals surface area contributed by atoms with Crippen molar-refractivity contribution in [1.82, 2.24) is 5.32 Å². The number of rotatable bonds is 9. The SMILES string of the molecule is CNC(C)c1ccc(N(CCOC)C(C)COC)c(Cl)c1. The second-order valence-corrected chi connectivity index (χ2v) is 5.62. The summed E-state index contributed by atoms with van der Waals surface area (Å²) in [5.41, 5.74) is 2.20. The molecule has 1 rings (SSSR count). The molecule has 0 aliphatic carbocycles.